The first-order valence-corrected chi connectivity index (χ1v) is 9.32. The number of rotatable bonds is 4. The van der Waals surface area contributed by atoms with E-state index in [-0.39, 0.29) is 0 Å². The van der Waals surface area contributed by atoms with E-state index in [1.807, 2.05) is 39.8 Å². The fourth-order valence-electron chi connectivity index (χ4n) is 3.71. The van der Waals surface area contributed by atoms with E-state index in [1.165, 1.54) is 0 Å². The molecule has 1 fully saturated rings. The van der Waals surface area contributed by atoms with Gasteiger partial charge in [0.2, 0.25) is 0 Å². The molecule has 6 nitrogen and oxygen atoms in total. The molecule has 0 saturated heterocycles. The number of hydrogen-bond donors (Lipinski definition) is 2. The number of halogens is 1. The Bertz CT molecular complexity index is 1120. The van der Waals surface area contributed by atoms with Gasteiger partial charge in [-0.3, -0.25) is 4.99 Å². The average molecular weight is 381 g/mol. The molecule has 28 heavy (non-hydrogen) atoms. The SMILES string of the molecule is CN=C(C)/C(=C(/C)N)c1cc(-c2c(C)noc2C)cc2[nH]c(C3(F)CC3)nc12. The number of aromatic nitrogens is 3. The number of nitrogens with two attached hydrogens (primary N) is 1. The summed E-state index contributed by atoms with van der Waals surface area (Å²) in [4.78, 5) is 12.1. The molecule has 0 atom stereocenters. The van der Waals surface area contributed by atoms with E-state index in [1.54, 1.807) is 7.05 Å². The Hall–Kier alpha value is -2.96. The highest BCUT2D eigenvalue weighted by Crippen LogP contribution is 2.49. The van der Waals surface area contributed by atoms with E-state index in [2.05, 4.69) is 20.1 Å². The molecule has 0 spiro atoms. The quantitative estimate of drug-likeness (QED) is 0.647. The van der Waals surface area contributed by atoms with Gasteiger partial charge in [-0.25, -0.2) is 9.37 Å². The van der Waals surface area contributed by atoms with Crippen LogP contribution < -0.4 is 5.73 Å². The lowest BCUT2D eigenvalue weighted by Gasteiger charge is -2.13. The highest BCUT2D eigenvalue weighted by Gasteiger charge is 2.48. The summed E-state index contributed by atoms with van der Waals surface area (Å²) in [6.45, 7) is 7.52. The fraction of sp³-hybridized carbons (Fsp3) is 0.381. The van der Waals surface area contributed by atoms with Crippen LogP contribution in [0.2, 0.25) is 0 Å². The highest BCUT2D eigenvalue weighted by molar-refractivity contribution is 6.26. The minimum atomic E-state index is -1.35. The van der Waals surface area contributed by atoms with E-state index >= 15 is 0 Å². The predicted octanol–water partition coefficient (Wildman–Crippen LogP) is 4.57. The Morgan fingerprint density at radius 3 is 2.54 bits per heavy atom. The van der Waals surface area contributed by atoms with Gasteiger partial charge in [0, 0.05) is 35.2 Å². The van der Waals surface area contributed by atoms with E-state index in [9.17, 15) is 4.39 Å². The van der Waals surface area contributed by atoms with Crippen LogP contribution in [0.3, 0.4) is 0 Å². The first-order chi connectivity index (χ1) is 13.2. The van der Waals surface area contributed by atoms with E-state index < -0.39 is 5.67 Å². The second kappa shape index (κ2) is 6.29. The van der Waals surface area contributed by atoms with Gasteiger partial charge in [0.05, 0.1) is 16.7 Å². The number of fused-ring (bicyclic) bond motifs is 1. The van der Waals surface area contributed by atoms with Gasteiger partial charge in [-0.2, -0.15) is 0 Å². The maximum absolute atomic E-state index is 14.7. The molecule has 1 aliphatic carbocycles. The molecule has 7 heteroatoms. The molecule has 3 N–H and O–H groups in total. The number of benzene rings is 1. The number of alkyl halides is 1. The Morgan fingerprint density at radius 2 is 2.00 bits per heavy atom. The largest absolute Gasteiger partial charge is 0.402 e. The molecule has 1 saturated carbocycles. The van der Waals surface area contributed by atoms with Crippen molar-refractivity contribution in [2.45, 2.75) is 46.2 Å². The zero-order valence-electron chi connectivity index (χ0n) is 16.8. The van der Waals surface area contributed by atoms with E-state index in [0.717, 1.165) is 44.9 Å². The van der Waals surface area contributed by atoms with Crippen molar-refractivity contribution < 1.29 is 8.91 Å². The molecular weight excluding hydrogens is 357 g/mol. The van der Waals surface area contributed by atoms with Crippen LogP contribution >= 0.6 is 0 Å². The highest BCUT2D eigenvalue weighted by atomic mass is 19.1. The van der Waals surface area contributed by atoms with Gasteiger partial charge in [0.1, 0.15) is 11.6 Å². The number of imidazole rings is 1. The van der Waals surface area contributed by atoms with E-state index in [0.29, 0.717) is 29.9 Å². The van der Waals surface area contributed by atoms with Gasteiger partial charge >= 0.3 is 0 Å². The maximum atomic E-state index is 14.7. The lowest BCUT2D eigenvalue weighted by molar-refractivity contribution is 0.303. The molecule has 4 rings (SSSR count). The summed E-state index contributed by atoms with van der Waals surface area (Å²) < 4.78 is 20.1. The maximum Gasteiger partial charge on any atom is 0.168 e. The molecule has 2 heterocycles. The van der Waals surface area contributed by atoms with Crippen molar-refractivity contribution in [1.82, 2.24) is 15.1 Å². The number of aromatic amines is 1. The van der Waals surface area contributed by atoms with E-state index in [4.69, 9.17) is 10.3 Å². The molecule has 3 aromatic rings. The number of nitrogens with one attached hydrogen (secondary N) is 1. The minimum absolute atomic E-state index is 0.375. The lowest BCUT2D eigenvalue weighted by Crippen LogP contribution is -2.07. The molecule has 0 aliphatic heterocycles. The van der Waals surface area contributed by atoms with Crippen LogP contribution in [0.4, 0.5) is 4.39 Å². The van der Waals surface area contributed by atoms with Gasteiger partial charge in [0.25, 0.3) is 0 Å². The number of aryl methyl sites for hydroxylation is 2. The third-order valence-electron chi connectivity index (χ3n) is 5.38. The first-order valence-electron chi connectivity index (χ1n) is 9.32. The molecule has 0 radical (unpaired) electrons. The van der Waals surface area contributed by atoms with Crippen LogP contribution in [0.5, 0.6) is 0 Å². The fourth-order valence-corrected chi connectivity index (χ4v) is 3.71. The summed E-state index contributed by atoms with van der Waals surface area (Å²) in [5.74, 6) is 1.10. The Morgan fingerprint density at radius 1 is 1.29 bits per heavy atom. The summed E-state index contributed by atoms with van der Waals surface area (Å²) >= 11 is 0. The average Bonchev–Trinajstić information content (AvgIpc) is 3.09. The van der Waals surface area contributed by atoms with Crippen LogP contribution in [0, 0.1) is 13.8 Å². The monoisotopic (exact) mass is 381 g/mol. The zero-order chi connectivity index (χ0) is 20.2. The lowest BCUT2D eigenvalue weighted by atomic mass is 9.93. The summed E-state index contributed by atoms with van der Waals surface area (Å²) in [6.07, 6.45) is 0.986. The van der Waals surface area contributed by atoms with Crippen LogP contribution in [0.1, 0.15) is 49.5 Å². The number of aliphatic imine (C=N–C) groups is 1. The smallest absolute Gasteiger partial charge is 0.168 e. The number of hydrogen-bond acceptors (Lipinski definition) is 5. The molecule has 0 bridgehead atoms. The summed E-state index contributed by atoms with van der Waals surface area (Å²) in [7, 11) is 1.73. The minimum Gasteiger partial charge on any atom is -0.402 e. The number of H-pyrrole nitrogens is 1. The van der Waals surface area contributed by atoms with Crippen LogP contribution in [0.25, 0.3) is 27.7 Å². The molecular formula is C21H24FN5O. The second-order valence-electron chi connectivity index (χ2n) is 7.54. The molecule has 1 aromatic carbocycles. The van der Waals surface area contributed by atoms with Crippen LogP contribution in [-0.2, 0) is 5.67 Å². The standard InChI is InChI=1S/C21H24FN5O/c1-10(23)17(11(2)24-5)15-8-14(18-12(3)27-28-13(18)4)9-16-19(15)26-20(25-16)21(22)6-7-21/h8-9H,6-7,23H2,1-5H3,(H,25,26)/b17-10+,24-11?. The van der Waals surface area contributed by atoms with Crippen molar-refractivity contribution in [3.63, 3.8) is 0 Å². The number of nitrogens with zero attached hydrogens (tertiary/aromatic N) is 3. The third-order valence-corrected chi connectivity index (χ3v) is 5.38. The van der Waals surface area contributed by atoms with Crippen molar-refractivity contribution >= 4 is 22.3 Å². The van der Waals surface area contributed by atoms with Crippen LogP contribution in [-0.4, -0.2) is 27.9 Å². The van der Waals surface area contributed by atoms with Gasteiger partial charge in [-0.1, -0.05) is 5.16 Å². The predicted molar refractivity (Wildman–Crippen MR) is 109 cm³/mol. The van der Waals surface area contributed by atoms with Crippen molar-refractivity contribution in [3.05, 3.63) is 40.7 Å². The van der Waals surface area contributed by atoms with Crippen LogP contribution in [0.15, 0.2) is 27.3 Å². The van der Waals surface area contributed by atoms with Crippen molar-refractivity contribution in [3.8, 4) is 11.1 Å². The second-order valence-corrected chi connectivity index (χ2v) is 7.54. The Kier molecular flexibility index (Phi) is 4.14. The summed E-state index contributed by atoms with van der Waals surface area (Å²) in [5.41, 5.74) is 12.0. The first kappa shape index (κ1) is 18.4. The van der Waals surface area contributed by atoms with Crippen molar-refractivity contribution in [2.24, 2.45) is 10.7 Å². The van der Waals surface area contributed by atoms with Crippen molar-refractivity contribution in [1.29, 1.82) is 0 Å². The molecule has 1 aliphatic rings. The third kappa shape index (κ3) is 2.82. The van der Waals surface area contributed by atoms with Gasteiger partial charge in [-0.15, -0.1) is 0 Å². The Labute approximate surface area is 162 Å². The topological polar surface area (TPSA) is 93.1 Å². The van der Waals surface area contributed by atoms with Gasteiger partial charge < -0.3 is 15.2 Å². The van der Waals surface area contributed by atoms with Crippen molar-refractivity contribution in [2.75, 3.05) is 7.05 Å². The number of allylic oxidation sites excluding steroid dienone is 2. The zero-order valence-corrected chi connectivity index (χ0v) is 16.8. The van der Waals surface area contributed by atoms with Gasteiger partial charge in [0.15, 0.2) is 5.67 Å². The van der Waals surface area contributed by atoms with Gasteiger partial charge in [-0.05, 0) is 58.2 Å². The molecule has 0 amide bonds. The Balaban J connectivity index is 2.06. The normalized spacial score (nSPS) is 17.1. The summed E-state index contributed by atoms with van der Waals surface area (Å²) in [6, 6.07) is 3.98. The molecule has 2 aromatic heterocycles. The molecule has 146 valence electrons. The summed E-state index contributed by atoms with van der Waals surface area (Å²) in [5, 5.41) is 4.07. The molecule has 0 unspecified atom stereocenters.